The highest BCUT2D eigenvalue weighted by molar-refractivity contribution is 9.10. The van der Waals surface area contributed by atoms with Gasteiger partial charge in [-0.3, -0.25) is 0 Å². The second-order valence-corrected chi connectivity index (χ2v) is 16.4. The molecule has 2 aliphatic heterocycles. The average molecular weight is 719 g/mol. The molecule has 1 unspecified atom stereocenters. The first kappa shape index (κ1) is 34.0. The van der Waals surface area contributed by atoms with Gasteiger partial charge < -0.3 is 29.0 Å². The number of aliphatic hydroxyl groups excluding tert-OH is 1. The van der Waals surface area contributed by atoms with Gasteiger partial charge in [0.05, 0.1) is 28.7 Å². The van der Waals surface area contributed by atoms with E-state index in [9.17, 15) is 31.5 Å². The smallest absolute Gasteiger partial charge is 0.340 e. The molecule has 1 atom stereocenters. The van der Waals surface area contributed by atoms with Gasteiger partial charge in [-0.25, -0.2) is 26.4 Å². The molecule has 0 spiro atoms. The Morgan fingerprint density at radius 3 is 2.14 bits per heavy atom. The summed E-state index contributed by atoms with van der Waals surface area (Å²) in [7, 11) is -6.88. The summed E-state index contributed by atoms with van der Waals surface area (Å²) < 4.78 is 69.1. The average Bonchev–Trinajstić information content (AvgIpc) is 3.66. The van der Waals surface area contributed by atoms with E-state index in [1.807, 2.05) is 17.0 Å². The van der Waals surface area contributed by atoms with Crippen LogP contribution in [0, 0.1) is 5.92 Å². The molecule has 1 N–H and O–H groups in total. The van der Waals surface area contributed by atoms with E-state index in [0.717, 1.165) is 35.4 Å². The van der Waals surface area contributed by atoms with Crippen molar-refractivity contribution in [1.82, 2.24) is 4.90 Å². The van der Waals surface area contributed by atoms with Crippen LogP contribution in [0.1, 0.15) is 31.2 Å². The normalized spacial score (nSPS) is 18.5. The minimum Gasteiger partial charge on any atom is -0.461 e. The minimum absolute atomic E-state index is 0.0928. The molecule has 0 bridgehead atoms. The number of allylic oxidation sites excluding steroid dienone is 2. The lowest BCUT2D eigenvalue weighted by atomic mass is 9.95. The number of ether oxygens (including phenoxy) is 4. The van der Waals surface area contributed by atoms with Crippen LogP contribution in [-0.4, -0.2) is 95.5 Å². The Bertz CT molecular complexity index is 1580. The topological polar surface area (TPSA) is 163 Å². The van der Waals surface area contributed by atoms with Crippen molar-refractivity contribution in [1.29, 1.82) is 0 Å². The molecule has 3 aliphatic rings. The van der Waals surface area contributed by atoms with Crippen molar-refractivity contribution in [3.63, 3.8) is 0 Å². The van der Waals surface area contributed by atoms with Crippen LogP contribution in [0.15, 0.2) is 51.7 Å². The van der Waals surface area contributed by atoms with Crippen LogP contribution in [0.5, 0.6) is 11.5 Å². The van der Waals surface area contributed by atoms with Gasteiger partial charge in [0.15, 0.2) is 31.2 Å². The molecule has 44 heavy (non-hydrogen) atoms. The van der Waals surface area contributed by atoms with E-state index >= 15 is 0 Å². The first-order chi connectivity index (χ1) is 20.7. The van der Waals surface area contributed by atoms with Gasteiger partial charge in [0, 0.05) is 36.3 Å². The molecule has 0 saturated heterocycles. The number of carbonyl (C=O) groups is 2. The highest BCUT2D eigenvalue weighted by atomic mass is 79.9. The van der Waals surface area contributed by atoms with Gasteiger partial charge in [-0.05, 0) is 60.9 Å². The van der Waals surface area contributed by atoms with Crippen LogP contribution in [0.2, 0.25) is 0 Å². The van der Waals surface area contributed by atoms with Crippen LogP contribution < -0.4 is 9.47 Å². The molecular weight excluding hydrogens is 682 g/mol. The number of aliphatic hydroxyl groups is 1. The number of hydrogen-bond acceptors (Lipinski definition) is 12. The van der Waals surface area contributed by atoms with Gasteiger partial charge in [-0.15, -0.1) is 0 Å². The summed E-state index contributed by atoms with van der Waals surface area (Å²) in [6.45, 7) is -0.593. The number of carbonyl (C=O) groups excluding carboxylic acids is 2. The number of hydrogen-bond donors (Lipinski definition) is 1. The molecule has 15 heteroatoms. The fourth-order valence-corrected chi connectivity index (χ4v) is 5.94. The highest BCUT2D eigenvalue weighted by Crippen LogP contribution is 2.41. The van der Waals surface area contributed by atoms with Crippen molar-refractivity contribution < 1.29 is 50.5 Å². The van der Waals surface area contributed by atoms with E-state index in [0.29, 0.717) is 29.9 Å². The van der Waals surface area contributed by atoms with E-state index in [2.05, 4.69) is 15.9 Å². The SMILES string of the molecule is CS(=O)(=O)CCOC(=O)C1=CC(CCCO)=CC(C2CC2)N(Cc2cc3c(cc2Br)OCO3)C=C1C(=O)OCCS(C)(=O)=O. The number of fused-ring (bicyclic) bond motifs is 1. The summed E-state index contributed by atoms with van der Waals surface area (Å²) in [5.74, 6) is -1.29. The van der Waals surface area contributed by atoms with Crippen LogP contribution in [0.25, 0.3) is 0 Å². The van der Waals surface area contributed by atoms with Gasteiger partial charge in [0.2, 0.25) is 6.79 Å². The molecule has 1 aromatic carbocycles. The van der Waals surface area contributed by atoms with Crippen molar-refractivity contribution in [2.45, 2.75) is 38.3 Å². The number of halogens is 1. The standard InChI is InChI=1S/C29H36BrNO11S2/c1-43(35,36)10-8-39-28(33)22-12-19(4-3-7-32)13-25(20-5-6-20)31(17-23(22)29(34)40-9-11-44(2,37)38)16-21-14-26-27(15-24(21)30)42-18-41-26/h12-15,17,20,25,32H,3-11,16,18H2,1-2H3. The van der Waals surface area contributed by atoms with E-state index in [4.69, 9.17) is 18.9 Å². The van der Waals surface area contributed by atoms with Crippen LogP contribution >= 0.6 is 15.9 Å². The predicted molar refractivity (Wildman–Crippen MR) is 164 cm³/mol. The van der Waals surface area contributed by atoms with Gasteiger partial charge in [-0.2, -0.15) is 0 Å². The molecule has 0 amide bonds. The van der Waals surface area contributed by atoms with Crippen molar-refractivity contribution in [2.24, 2.45) is 5.92 Å². The Labute approximate surface area is 265 Å². The van der Waals surface area contributed by atoms with Crippen molar-refractivity contribution in [2.75, 3.05) is 50.6 Å². The molecule has 12 nitrogen and oxygen atoms in total. The zero-order chi connectivity index (χ0) is 32.1. The molecule has 4 rings (SSSR count). The summed E-state index contributed by atoms with van der Waals surface area (Å²) in [5.41, 5.74) is 1.15. The van der Waals surface area contributed by atoms with Crippen LogP contribution in [0.3, 0.4) is 0 Å². The highest BCUT2D eigenvalue weighted by Gasteiger charge is 2.36. The molecule has 2 heterocycles. The Morgan fingerprint density at radius 1 is 0.977 bits per heavy atom. The summed E-state index contributed by atoms with van der Waals surface area (Å²) >= 11 is 3.60. The molecule has 0 aromatic heterocycles. The first-order valence-corrected chi connectivity index (χ1v) is 18.9. The van der Waals surface area contributed by atoms with E-state index in [1.54, 1.807) is 6.07 Å². The van der Waals surface area contributed by atoms with Crippen molar-refractivity contribution in [3.8, 4) is 11.5 Å². The van der Waals surface area contributed by atoms with E-state index < -0.39 is 56.3 Å². The lowest BCUT2D eigenvalue weighted by Gasteiger charge is -2.32. The largest absolute Gasteiger partial charge is 0.461 e. The Balaban J connectivity index is 1.79. The molecule has 1 fully saturated rings. The van der Waals surface area contributed by atoms with E-state index in [-0.39, 0.29) is 43.1 Å². The summed E-state index contributed by atoms with van der Waals surface area (Å²) in [4.78, 5) is 28.9. The predicted octanol–water partition coefficient (Wildman–Crippen LogP) is 2.46. The molecule has 1 aromatic rings. The van der Waals surface area contributed by atoms with Crippen LogP contribution in [0.4, 0.5) is 0 Å². The van der Waals surface area contributed by atoms with E-state index in [1.165, 1.54) is 12.3 Å². The quantitative estimate of drug-likeness (QED) is 0.280. The number of nitrogens with zero attached hydrogens (tertiary/aromatic N) is 1. The number of benzene rings is 1. The van der Waals surface area contributed by atoms with Gasteiger partial charge >= 0.3 is 11.9 Å². The van der Waals surface area contributed by atoms with Crippen molar-refractivity contribution in [3.05, 3.63) is 57.2 Å². The Morgan fingerprint density at radius 2 is 1.57 bits per heavy atom. The second-order valence-electron chi connectivity index (χ2n) is 11.0. The minimum atomic E-state index is -3.44. The van der Waals surface area contributed by atoms with Gasteiger partial charge in [0.1, 0.15) is 13.2 Å². The molecular formula is C29H36BrNO11S2. The molecule has 1 aliphatic carbocycles. The Hall–Kier alpha value is -2.88. The summed E-state index contributed by atoms with van der Waals surface area (Å²) in [6, 6.07) is 3.43. The van der Waals surface area contributed by atoms with Crippen LogP contribution in [-0.2, 0) is 45.3 Å². The first-order valence-electron chi connectivity index (χ1n) is 14.0. The fraction of sp³-hybridized carbons (Fsp3) is 0.517. The lowest BCUT2D eigenvalue weighted by Crippen LogP contribution is -2.34. The zero-order valence-electron chi connectivity index (χ0n) is 24.5. The second kappa shape index (κ2) is 14.5. The lowest BCUT2D eigenvalue weighted by molar-refractivity contribution is -0.142. The zero-order valence-corrected chi connectivity index (χ0v) is 27.7. The third-order valence-electron chi connectivity index (χ3n) is 7.12. The third kappa shape index (κ3) is 9.81. The number of rotatable bonds is 14. The summed E-state index contributed by atoms with van der Waals surface area (Å²) in [5, 5.41) is 9.57. The maximum absolute atomic E-state index is 13.6. The molecule has 242 valence electrons. The maximum atomic E-state index is 13.6. The van der Waals surface area contributed by atoms with Gasteiger partial charge in [0.25, 0.3) is 0 Å². The molecule has 0 radical (unpaired) electrons. The van der Waals surface area contributed by atoms with Crippen molar-refractivity contribution >= 4 is 47.5 Å². The Kier molecular flexibility index (Phi) is 11.2. The third-order valence-corrected chi connectivity index (χ3v) is 9.67. The summed E-state index contributed by atoms with van der Waals surface area (Å²) in [6.07, 6.45) is 9.74. The number of sulfone groups is 2. The van der Waals surface area contributed by atoms with Gasteiger partial charge in [-0.1, -0.05) is 22.0 Å². The fourth-order valence-electron chi connectivity index (χ4n) is 4.72. The monoisotopic (exact) mass is 717 g/mol. The molecule has 1 saturated carbocycles. The maximum Gasteiger partial charge on any atom is 0.340 e. The number of esters is 2.